The predicted octanol–water partition coefficient (Wildman–Crippen LogP) is 6.34. The van der Waals surface area contributed by atoms with Crippen molar-refractivity contribution in [1.82, 2.24) is 4.57 Å². The smallest absolute Gasteiger partial charge is 0.0495 e. The molecule has 1 nitrogen and oxygen atoms in total. The van der Waals surface area contributed by atoms with Crippen molar-refractivity contribution in [1.29, 1.82) is 0 Å². The highest BCUT2D eigenvalue weighted by Crippen LogP contribution is 2.37. The van der Waals surface area contributed by atoms with Gasteiger partial charge in [0, 0.05) is 28.9 Å². The summed E-state index contributed by atoms with van der Waals surface area (Å²) in [7, 11) is 2.13. The lowest BCUT2D eigenvalue weighted by atomic mass is 9.91. The number of para-hydroxylation sites is 1. The number of hydrogen-bond acceptors (Lipinski definition) is 0. The van der Waals surface area contributed by atoms with Gasteiger partial charge < -0.3 is 4.57 Å². The monoisotopic (exact) mass is 313 g/mol. The maximum atomic E-state index is 3.97. The van der Waals surface area contributed by atoms with Crippen LogP contribution in [0.15, 0.2) is 79.4 Å². The summed E-state index contributed by atoms with van der Waals surface area (Å²) in [5.74, 6) is 0. The van der Waals surface area contributed by atoms with Gasteiger partial charge >= 0.3 is 0 Å². The Morgan fingerprint density at radius 3 is 2.38 bits per heavy atom. The van der Waals surface area contributed by atoms with Gasteiger partial charge in [0.1, 0.15) is 0 Å². The van der Waals surface area contributed by atoms with Crippen molar-refractivity contribution in [3.8, 4) is 0 Å². The molecule has 24 heavy (non-hydrogen) atoms. The van der Waals surface area contributed by atoms with Crippen molar-refractivity contribution in [2.45, 2.75) is 13.8 Å². The number of hydrogen-bond donors (Lipinski definition) is 0. The van der Waals surface area contributed by atoms with Crippen LogP contribution in [-0.4, -0.2) is 4.57 Å². The quantitative estimate of drug-likeness (QED) is 0.495. The van der Waals surface area contributed by atoms with Gasteiger partial charge in [-0.05, 0) is 48.3 Å². The fraction of sp³-hybridized carbons (Fsp3) is 0.130. The van der Waals surface area contributed by atoms with Gasteiger partial charge in [-0.2, -0.15) is 0 Å². The minimum atomic E-state index is 1.05. The van der Waals surface area contributed by atoms with Crippen LogP contribution in [0.3, 0.4) is 0 Å². The Kier molecular flexibility index (Phi) is 4.26. The van der Waals surface area contributed by atoms with E-state index in [1.54, 1.807) is 0 Å². The Labute approximate surface area is 143 Å². The highest BCUT2D eigenvalue weighted by atomic mass is 14.9. The molecule has 0 aliphatic rings. The Balaban J connectivity index is 2.59. The third-order valence-electron chi connectivity index (χ3n) is 4.64. The van der Waals surface area contributed by atoms with E-state index in [1.807, 2.05) is 19.1 Å². The number of aryl methyl sites for hydroxylation is 2. The lowest BCUT2D eigenvalue weighted by Crippen LogP contribution is -1.93. The van der Waals surface area contributed by atoms with E-state index in [1.165, 1.54) is 38.5 Å². The molecule has 1 heterocycles. The minimum absolute atomic E-state index is 1.05. The van der Waals surface area contributed by atoms with Crippen LogP contribution in [0, 0.1) is 6.92 Å². The first kappa shape index (κ1) is 16.1. The first-order valence-electron chi connectivity index (χ1n) is 8.23. The predicted molar refractivity (Wildman–Crippen MR) is 107 cm³/mol. The van der Waals surface area contributed by atoms with Crippen molar-refractivity contribution in [3.05, 3.63) is 90.6 Å². The Morgan fingerprint density at radius 1 is 1.00 bits per heavy atom. The lowest BCUT2D eigenvalue weighted by Gasteiger charge is -2.13. The molecule has 0 aliphatic carbocycles. The zero-order valence-corrected chi connectivity index (χ0v) is 14.6. The number of fused-ring (bicyclic) bond motifs is 3. The van der Waals surface area contributed by atoms with Crippen LogP contribution >= 0.6 is 0 Å². The minimum Gasteiger partial charge on any atom is -0.344 e. The molecule has 120 valence electrons. The van der Waals surface area contributed by atoms with Gasteiger partial charge in [0.2, 0.25) is 0 Å². The Morgan fingerprint density at radius 2 is 1.71 bits per heavy atom. The number of allylic oxidation sites excluding steroid dienone is 6. The summed E-state index contributed by atoms with van der Waals surface area (Å²) in [6.07, 6.45) is 7.99. The largest absolute Gasteiger partial charge is 0.344 e. The number of benzene rings is 2. The van der Waals surface area contributed by atoms with Crippen LogP contribution in [0.25, 0.3) is 27.4 Å². The van der Waals surface area contributed by atoms with E-state index >= 15 is 0 Å². The maximum absolute atomic E-state index is 3.97. The fourth-order valence-electron chi connectivity index (χ4n) is 3.50. The van der Waals surface area contributed by atoms with Gasteiger partial charge in [0.25, 0.3) is 0 Å². The molecule has 0 aliphatic heterocycles. The van der Waals surface area contributed by atoms with Gasteiger partial charge in [-0.3, -0.25) is 0 Å². The van der Waals surface area contributed by atoms with Crippen molar-refractivity contribution in [3.63, 3.8) is 0 Å². The SMILES string of the molecule is C=CC(C=C)=C(/C=C\C)c1c(C)ccc2c1c1ccccc1n2C. The summed E-state index contributed by atoms with van der Waals surface area (Å²) in [5.41, 5.74) is 7.23. The highest BCUT2D eigenvalue weighted by Gasteiger charge is 2.16. The maximum Gasteiger partial charge on any atom is 0.0495 e. The normalized spacial score (nSPS) is 11.3. The number of rotatable bonds is 4. The molecule has 1 heteroatoms. The van der Waals surface area contributed by atoms with Gasteiger partial charge in [-0.1, -0.05) is 61.7 Å². The van der Waals surface area contributed by atoms with Crippen molar-refractivity contribution < 1.29 is 0 Å². The second-order valence-corrected chi connectivity index (χ2v) is 6.01. The van der Waals surface area contributed by atoms with Gasteiger partial charge in [-0.25, -0.2) is 0 Å². The van der Waals surface area contributed by atoms with E-state index in [-0.39, 0.29) is 0 Å². The average Bonchev–Trinajstić information content (AvgIpc) is 2.89. The van der Waals surface area contributed by atoms with Crippen LogP contribution in [-0.2, 0) is 7.05 Å². The molecule has 0 spiro atoms. The molecular weight excluding hydrogens is 290 g/mol. The molecule has 0 amide bonds. The molecule has 0 unspecified atom stereocenters. The molecule has 0 atom stereocenters. The molecule has 0 N–H and O–H groups in total. The van der Waals surface area contributed by atoms with Gasteiger partial charge in [-0.15, -0.1) is 0 Å². The van der Waals surface area contributed by atoms with Gasteiger partial charge in [0.15, 0.2) is 0 Å². The summed E-state index contributed by atoms with van der Waals surface area (Å²) >= 11 is 0. The number of aromatic nitrogens is 1. The molecule has 3 aromatic rings. The summed E-state index contributed by atoms with van der Waals surface area (Å²) < 4.78 is 2.27. The van der Waals surface area contributed by atoms with Crippen molar-refractivity contribution in [2.24, 2.45) is 7.05 Å². The number of nitrogens with zero attached hydrogens (tertiary/aromatic N) is 1. The van der Waals surface area contributed by atoms with Crippen molar-refractivity contribution in [2.75, 3.05) is 0 Å². The van der Waals surface area contributed by atoms with E-state index in [9.17, 15) is 0 Å². The second-order valence-electron chi connectivity index (χ2n) is 6.01. The fourth-order valence-corrected chi connectivity index (χ4v) is 3.50. The Hall–Kier alpha value is -2.80. The molecule has 2 aromatic carbocycles. The van der Waals surface area contributed by atoms with E-state index in [0.29, 0.717) is 0 Å². The molecule has 0 bridgehead atoms. The highest BCUT2D eigenvalue weighted by molar-refractivity contribution is 6.14. The third kappa shape index (κ3) is 2.33. The first-order chi connectivity index (χ1) is 11.6. The van der Waals surface area contributed by atoms with E-state index in [2.05, 4.69) is 80.2 Å². The second kappa shape index (κ2) is 6.37. The molecule has 0 radical (unpaired) electrons. The summed E-state index contributed by atoms with van der Waals surface area (Å²) in [6.45, 7) is 12.2. The van der Waals surface area contributed by atoms with Crippen LogP contribution in [0.2, 0.25) is 0 Å². The summed E-state index contributed by atoms with van der Waals surface area (Å²) in [6, 6.07) is 13.0. The van der Waals surface area contributed by atoms with E-state index in [4.69, 9.17) is 0 Å². The summed E-state index contributed by atoms with van der Waals surface area (Å²) in [5, 5.41) is 2.57. The van der Waals surface area contributed by atoms with Crippen molar-refractivity contribution >= 4 is 27.4 Å². The third-order valence-corrected chi connectivity index (χ3v) is 4.64. The van der Waals surface area contributed by atoms with Gasteiger partial charge in [0.05, 0.1) is 0 Å². The van der Waals surface area contributed by atoms with Crippen LogP contribution < -0.4 is 0 Å². The molecule has 0 fully saturated rings. The molecular formula is C23H23N. The topological polar surface area (TPSA) is 4.93 Å². The molecule has 1 aromatic heterocycles. The zero-order valence-electron chi connectivity index (χ0n) is 14.6. The van der Waals surface area contributed by atoms with Crippen LogP contribution in [0.1, 0.15) is 18.1 Å². The molecule has 0 saturated heterocycles. The summed E-state index contributed by atoms with van der Waals surface area (Å²) in [4.78, 5) is 0. The molecule has 3 rings (SSSR count). The standard InChI is InChI=1S/C23H23N/c1-6-11-18(17(7-2)8-3)22-16(4)14-15-21-23(22)19-12-9-10-13-20(19)24(21)5/h6-15H,2-3H2,1,4-5H3/b11-6-. The van der Waals surface area contributed by atoms with E-state index in [0.717, 1.165) is 5.57 Å². The Bertz CT molecular complexity index is 999. The first-order valence-corrected chi connectivity index (χ1v) is 8.23. The average molecular weight is 313 g/mol. The van der Waals surface area contributed by atoms with Crippen LogP contribution in [0.4, 0.5) is 0 Å². The lowest BCUT2D eigenvalue weighted by molar-refractivity contribution is 1.01. The zero-order chi connectivity index (χ0) is 17.3. The van der Waals surface area contributed by atoms with E-state index < -0.39 is 0 Å². The molecule has 0 saturated carbocycles. The van der Waals surface area contributed by atoms with Crippen LogP contribution in [0.5, 0.6) is 0 Å².